The number of benzene rings is 3. The van der Waals surface area contributed by atoms with E-state index in [4.69, 9.17) is 0 Å². The first kappa shape index (κ1) is 16.7. The lowest BCUT2D eigenvalue weighted by Gasteiger charge is -2.40. The number of hydrogen-bond acceptors (Lipinski definition) is 2. The van der Waals surface area contributed by atoms with Crippen LogP contribution in [-0.4, -0.2) is 10.9 Å². The molecule has 4 rings (SSSR count). The molecule has 2 heteroatoms. The molecule has 0 aromatic heterocycles. The number of carbonyl (C=O) groups is 1. The Morgan fingerprint density at radius 2 is 1.31 bits per heavy atom. The second kappa shape index (κ2) is 6.89. The standard InChI is InChI=1S/C24H22O2/c1-16-21(17-10-4-2-5-11-17)22(24(26)18-12-6-3-7-13-18)19-14-8-9-15-20(19)23(16)25/h2-16,21-23,25H,1H3/t16-,21-,22+,23+/m0/s1. The van der Waals surface area contributed by atoms with Crippen LogP contribution >= 0.6 is 0 Å². The van der Waals surface area contributed by atoms with E-state index in [2.05, 4.69) is 12.1 Å². The smallest absolute Gasteiger partial charge is 0.170 e. The molecule has 0 heterocycles. The van der Waals surface area contributed by atoms with E-state index in [0.29, 0.717) is 0 Å². The van der Waals surface area contributed by atoms with Crippen molar-refractivity contribution >= 4 is 5.78 Å². The maximum atomic E-state index is 13.5. The van der Waals surface area contributed by atoms with E-state index in [-0.39, 0.29) is 23.5 Å². The van der Waals surface area contributed by atoms with E-state index in [1.807, 2.05) is 79.7 Å². The van der Waals surface area contributed by atoms with Crippen LogP contribution in [0.25, 0.3) is 0 Å². The highest BCUT2D eigenvalue weighted by Gasteiger charge is 2.43. The van der Waals surface area contributed by atoms with Gasteiger partial charge in [0.15, 0.2) is 5.78 Å². The van der Waals surface area contributed by atoms with Crippen LogP contribution in [0.1, 0.15) is 51.9 Å². The molecule has 3 aromatic rings. The topological polar surface area (TPSA) is 37.3 Å². The molecule has 4 atom stereocenters. The van der Waals surface area contributed by atoms with Gasteiger partial charge in [-0.25, -0.2) is 0 Å². The zero-order valence-electron chi connectivity index (χ0n) is 14.7. The van der Waals surface area contributed by atoms with Crippen molar-refractivity contribution in [1.82, 2.24) is 0 Å². The van der Waals surface area contributed by atoms with Crippen LogP contribution in [-0.2, 0) is 0 Å². The summed E-state index contributed by atoms with van der Waals surface area (Å²) in [6.45, 7) is 2.05. The largest absolute Gasteiger partial charge is 0.388 e. The molecule has 0 aliphatic heterocycles. The first-order valence-corrected chi connectivity index (χ1v) is 9.09. The SMILES string of the molecule is C[C@H]1[C@@H](c2ccccc2)[C@H](C(=O)c2ccccc2)c2ccccc2[C@@H]1O. The van der Waals surface area contributed by atoms with Gasteiger partial charge in [0.05, 0.1) is 12.0 Å². The Kier molecular flexibility index (Phi) is 4.44. The molecule has 1 N–H and O–H groups in total. The Labute approximate surface area is 154 Å². The van der Waals surface area contributed by atoms with Gasteiger partial charge in [-0.15, -0.1) is 0 Å². The Morgan fingerprint density at radius 1 is 0.769 bits per heavy atom. The molecule has 1 aliphatic carbocycles. The molecule has 130 valence electrons. The number of Topliss-reactive ketones (excluding diaryl/α,β-unsaturated/α-hetero) is 1. The average Bonchev–Trinajstić information content (AvgIpc) is 2.71. The minimum absolute atomic E-state index is 0.0510. The number of rotatable bonds is 3. The van der Waals surface area contributed by atoms with Gasteiger partial charge < -0.3 is 5.11 Å². The van der Waals surface area contributed by atoms with E-state index < -0.39 is 6.10 Å². The molecule has 0 bridgehead atoms. The first-order valence-electron chi connectivity index (χ1n) is 9.09. The molecular formula is C24H22O2. The van der Waals surface area contributed by atoms with Crippen LogP contribution in [0.4, 0.5) is 0 Å². The second-order valence-corrected chi connectivity index (χ2v) is 7.08. The van der Waals surface area contributed by atoms with E-state index >= 15 is 0 Å². The van der Waals surface area contributed by atoms with Gasteiger partial charge in [0.2, 0.25) is 0 Å². The molecule has 0 fully saturated rings. The van der Waals surface area contributed by atoms with Crippen LogP contribution < -0.4 is 0 Å². The van der Waals surface area contributed by atoms with E-state index in [0.717, 1.165) is 22.3 Å². The third-order valence-electron chi connectivity index (χ3n) is 5.60. The first-order chi connectivity index (χ1) is 12.7. The Hall–Kier alpha value is -2.71. The predicted molar refractivity (Wildman–Crippen MR) is 103 cm³/mol. The van der Waals surface area contributed by atoms with Crippen molar-refractivity contribution in [1.29, 1.82) is 0 Å². The maximum Gasteiger partial charge on any atom is 0.170 e. The van der Waals surface area contributed by atoms with Gasteiger partial charge in [-0.3, -0.25) is 4.79 Å². The van der Waals surface area contributed by atoms with Crippen LogP contribution in [0.15, 0.2) is 84.9 Å². The minimum Gasteiger partial charge on any atom is -0.388 e. The summed E-state index contributed by atoms with van der Waals surface area (Å²) < 4.78 is 0. The lowest BCUT2D eigenvalue weighted by molar-refractivity contribution is 0.0703. The Balaban J connectivity index is 1.90. The molecule has 0 amide bonds. The zero-order valence-corrected chi connectivity index (χ0v) is 14.7. The van der Waals surface area contributed by atoms with E-state index in [1.54, 1.807) is 0 Å². The highest BCUT2D eigenvalue weighted by atomic mass is 16.3. The molecule has 0 saturated carbocycles. The lowest BCUT2D eigenvalue weighted by atomic mass is 9.63. The number of carbonyl (C=O) groups excluding carboxylic acids is 1. The maximum absolute atomic E-state index is 13.5. The fourth-order valence-electron chi connectivity index (χ4n) is 4.30. The van der Waals surface area contributed by atoms with E-state index in [9.17, 15) is 9.90 Å². The zero-order chi connectivity index (χ0) is 18.1. The number of fused-ring (bicyclic) bond motifs is 1. The third kappa shape index (κ3) is 2.77. The van der Waals surface area contributed by atoms with Crippen molar-refractivity contribution in [2.45, 2.75) is 24.9 Å². The highest BCUT2D eigenvalue weighted by Crippen LogP contribution is 2.51. The van der Waals surface area contributed by atoms with Crippen molar-refractivity contribution in [2.24, 2.45) is 5.92 Å². The molecule has 0 radical (unpaired) electrons. The normalized spacial score (nSPS) is 24.7. The van der Waals surface area contributed by atoms with Crippen molar-refractivity contribution in [2.75, 3.05) is 0 Å². The van der Waals surface area contributed by atoms with Crippen molar-refractivity contribution in [3.8, 4) is 0 Å². The summed E-state index contributed by atoms with van der Waals surface area (Å²) in [6.07, 6.45) is -0.573. The molecule has 0 spiro atoms. The monoisotopic (exact) mass is 342 g/mol. The minimum atomic E-state index is -0.573. The molecule has 0 unspecified atom stereocenters. The summed E-state index contributed by atoms with van der Waals surface area (Å²) >= 11 is 0. The summed E-state index contributed by atoms with van der Waals surface area (Å²) in [4.78, 5) is 13.5. The van der Waals surface area contributed by atoms with Gasteiger partial charge in [0.1, 0.15) is 0 Å². The molecular weight excluding hydrogens is 320 g/mol. The summed E-state index contributed by atoms with van der Waals surface area (Å²) in [5.41, 5.74) is 3.64. The number of ketones is 1. The summed E-state index contributed by atoms with van der Waals surface area (Å²) in [6, 6.07) is 27.4. The van der Waals surface area contributed by atoms with Gasteiger partial charge in [0.25, 0.3) is 0 Å². The second-order valence-electron chi connectivity index (χ2n) is 7.08. The van der Waals surface area contributed by atoms with Crippen molar-refractivity contribution in [3.05, 3.63) is 107 Å². The quantitative estimate of drug-likeness (QED) is 0.671. The van der Waals surface area contributed by atoms with Gasteiger partial charge >= 0.3 is 0 Å². The summed E-state index contributed by atoms with van der Waals surface area (Å²) in [5.74, 6) is -0.293. The number of aliphatic hydroxyl groups excluding tert-OH is 1. The molecule has 2 nitrogen and oxygen atoms in total. The lowest BCUT2D eigenvalue weighted by Crippen LogP contribution is -2.34. The van der Waals surface area contributed by atoms with Gasteiger partial charge in [-0.05, 0) is 22.6 Å². The Morgan fingerprint density at radius 3 is 1.96 bits per heavy atom. The van der Waals surface area contributed by atoms with E-state index in [1.165, 1.54) is 0 Å². The number of aliphatic hydroxyl groups is 1. The third-order valence-corrected chi connectivity index (χ3v) is 5.60. The average molecular weight is 342 g/mol. The predicted octanol–water partition coefficient (Wildman–Crippen LogP) is 5.12. The summed E-state index contributed by atoms with van der Waals surface area (Å²) in [5, 5.41) is 10.9. The molecule has 26 heavy (non-hydrogen) atoms. The molecule has 3 aromatic carbocycles. The van der Waals surface area contributed by atoms with Crippen molar-refractivity contribution in [3.63, 3.8) is 0 Å². The van der Waals surface area contributed by atoms with Crippen LogP contribution in [0.2, 0.25) is 0 Å². The summed E-state index contributed by atoms with van der Waals surface area (Å²) in [7, 11) is 0. The van der Waals surface area contributed by atoms with Crippen LogP contribution in [0.5, 0.6) is 0 Å². The fourth-order valence-corrected chi connectivity index (χ4v) is 4.30. The fraction of sp³-hybridized carbons (Fsp3) is 0.208. The highest BCUT2D eigenvalue weighted by molar-refractivity contribution is 6.02. The van der Waals surface area contributed by atoms with Crippen LogP contribution in [0, 0.1) is 5.92 Å². The molecule has 1 aliphatic rings. The van der Waals surface area contributed by atoms with Crippen molar-refractivity contribution < 1.29 is 9.90 Å². The van der Waals surface area contributed by atoms with Gasteiger partial charge in [-0.2, -0.15) is 0 Å². The van der Waals surface area contributed by atoms with Crippen LogP contribution in [0.3, 0.4) is 0 Å². The Bertz CT molecular complexity index is 902. The van der Waals surface area contributed by atoms with Gasteiger partial charge in [-0.1, -0.05) is 91.9 Å². The number of hydrogen-bond donors (Lipinski definition) is 1. The van der Waals surface area contributed by atoms with Gasteiger partial charge in [0, 0.05) is 11.5 Å². The molecule has 0 saturated heterocycles.